The molecule has 0 aliphatic rings. The van der Waals surface area contributed by atoms with Crippen molar-refractivity contribution in [1.29, 1.82) is 0 Å². The molecule has 5 heteroatoms. The highest BCUT2D eigenvalue weighted by Gasteiger charge is 2.09. The molecule has 0 bridgehead atoms. The summed E-state index contributed by atoms with van der Waals surface area (Å²) in [5, 5.41) is 5.65. The zero-order valence-electron chi connectivity index (χ0n) is 13.7. The third-order valence-corrected chi connectivity index (χ3v) is 3.05. The fourth-order valence-electron chi connectivity index (χ4n) is 1.84. The van der Waals surface area contributed by atoms with Crippen molar-refractivity contribution >= 4 is 17.7 Å². The van der Waals surface area contributed by atoms with Gasteiger partial charge in [-0.1, -0.05) is 31.0 Å². The number of anilines is 1. The lowest BCUT2D eigenvalue weighted by atomic mass is 10.1. The van der Waals surface area contributed by atoms with E-state index >= 15 is 0 Å². The van der Waals surface area contributed by atoms with E-state index in [2.05, 4.69) is 22.5 Å². The summed E-state index contributed by atoms with van der Waals surface area (Å²) < 4.78 is 0. The third-order valence-electron chi connectivity index (χ3n) is 3.05. The summed E-state index contributed by atoms with van der Waals surface area (Å²) in [6.07, 6.45) is 2.09. The highest BCUT2D eigenvalue weighted by Crippen LogP contribution is 2.15. The number of aryl methyl sites for hydroxylation is 2. The van der Waals surface area contributed by atoms with Crippen molar-refractivity contribution in [3.05, 3.63) is 29.3 Å². The molecule has 0 spiro atoms. The smallest absolute Gasteiger partial charge is 0.326 e. The third kappa shape index (κ3) is 5.85. The fourth-order valence-corrected chi connectivity index (χ4v) is 1.84. The zero-order chi connectivity index (χ0) is 15.8. The van der Waals surface area contributed by atoms with Crippen LogP contribution in [0.3, 0.4) is 0 Å². The van der Waals surface area contributed by atoms with Crippen LogP contribution in [0.4, 0.5) is 10.5 Å². The number of aliphatic imine (C=N–C) groups is 1. The molecular formula is C16H26N4O. The number of carbonyl (C=O) groups is 1. The number of nitrogens with zero attached hydrogens (tertiary/aromatic N) is 2. The van der Waals surface area contributed by atoms with Gasteiger partial charge in [-0.3, -0.25) is 10.3 Å². The van der Waals surface area contributed by atoms with Crippen LogP contribution in [0.5, 0.6) is 0 Å². The first-order chi connectivity index (χ1) is 9.93. The fraction of sp³-hybridized carbons (Fsp3) is 0.500. The molecule has 0 aliphatic carbocycles. The van der Waals surface area contributed by atoms with E-state index in [9.17, 15) is 4.79 Å². The maximum absolute atomic E-state index is 12.1. The van der Waals surface area contributed by atoms with E-state index in [1.165, 1.54) is 5.56 Å². The van der Waals surface area contributed by atoms with Gasteiger partial charge < -0.3 is 10.2 Å². The molecule has 0 aliphatic heterocycles. The average Bonchev–Trinajstić information content (AvgIpc) is 2.41. The highest BCUT2D eigenvalue weighted by molar-refractivity contribution is 6.02. The first-order valence-corrected chi connectivity index (χ1v) is 7.31. The van der Waals surface area contributed by atoms with Crippen LogP contribution < -0.4 is 10.6 Å². The summed E-state index contributed by atoms with van der Waals surface area (Å²) in [6.45, 7) is 6.84. The van der Waals surface area contributed by atoms with E-state index in [4.69, 9.17) is 0 Å². The molecule has 0 heterocycles. The normalized spacial score (nSPS) is 11.2. The van der Waals surface area contributed by atoms with Gasteiger partial charge in [-0.2, -0.15) is 0 Å². The Morgan fingerprint density at radius 1 is 1.29 bits per heavy atom. The molecule has 0 atom stereocenters. The van der Waals surface area contributed by atoms with Crippen molar-refractivity contribution < 1.29 is 4.79 Å². The van der Waals surface area contributed by atoms with Crippen LogP contribution in [0, 0.1) is 13.8 Å². The second-order valence-electron chi connectivity index (χ2n) is 5.35. The number of hydrogen-bond acceptors (Lipinski definition) is 2. The summed E-state index contributed by atoms with van der Waals surface area (Å²) in [5.41, 5.74) is 3.03. The maximum Gasteiger partial charge on any atom is 0.326 e. The van der Waals surface area contributed by atoms with E-state index in [0.717, 1.165) is 24.1 Å². The number of rotatable bonds is 4. The molecule has 2 N–H and O–H groups in total. The first kappa shape index (κ1) is 17.0. The molecule has 0 fully saturated rings. The monoisotopic (exact) mass is 290 g/mol. The molecule has 5 nitrogen and oxygen atoms in total. The topological polar surface area (TPSA) is 56.7 Å². The molecule has 2 amide bonds. The number of benzene rings is 1. The molecule has 116 valence electrons. The summed E-state index contributed by atoms with van der Waals surface area (Å²) in [4.78, 5) is 18.3. The van der Waals surface area contributed by atoms with Gasteiger partial charge in [0.25, 0.3) is 0 Å². The Hall–Kier alpha value is -2.04. The molecule has 1 aromatic carbocycles. The Bertz CT molecular complexity index is 509. The lowest BCUT2D eigenvalue weighted by molar-refractivity contribution is 0.255. The van der Waals surface area contributed by atoms with E-state index in [1.54, 1.807) is 4.90 Å². The molecule has 0 aromatic heterocycles. The second kappa shape index (κ2) is 8.29. The number of amides is 2. The second-order valence-corrected chi connectivity index (χ2v) is 5.35. The standard InChI is InChI=1S/C16H26N4O/c1-6-7-10-17-15(20(4)5)19-16(21)18-14-9-8-12(2)11-13(14)3/h8-9,11H,6-7,10H2,1-5H3,(H2,17,18,19,21). The van der Waals surface area contributed by atoms with E-state index < -0.39 is 0 Å². The Kier molecular flexibility index (Phi) is 6.72. The van der Waals surface area contributed by atoms with Crippen LogP contribution in [0.15, 0.2) is 23.2 Å². The molecule has 0 saturated heterocycles. The predicted octanol–water partition coefficient (Wildman–Crippen LogP) is 3.14. The molecule has 21 heavy (non-hydrogen) atoms. The van der Waals surface area contributed by atoms with Gasteiger partial charge in [-0.15, -0.1) is 0 Å². The van der Waals surface area contributed by atoms with Crippen molar-refractivity contribution in [3.8, 4) is 0 Å². The quantitative estimate of drug-likeness (QED) is 0.508. The van der Waals surface area contributed by atoms with Gasteiger partial charge in [0.15, 0.2) is 0 Å². The number of unbranched alkanes of at least 4 members (excludes halogenated alkanes) is 1. The highest BCUT2D eigenvalue weighted by atomic mass is 16.2. The summed E-state index contributed by atoms with van der Waals surface area (Å²) in [7, 11) is 3.73. The SMILES string of the molecule is CCCCN=C(NC(=O)Nc1ccc(C)cc1C)N(C)C. The molecule has 1 rings (SSSR count). The van der Waals surface area contributed by atoms with Crippen molar-refractivity contribution in [2.75, 3.05) is 26.0 Å². The van der Waals surface area contributed by atoms with Gasteiger partial charge in [0.2, 0.25) is 5.96 Å². The van der Waals surface area contributed by atoms with Crippen LogP contribution >= 0.6 is 0 Å². The van der Waals surface area contributed by atoms with Crippen LogP contribution in [-0.4, -0.2) is 37.5 Å². The van der Waals surface area contributed by atoms with E-state index in [-0.39, 0.29) is 6.03 Å². The van der Waals surface area contributed by atoms with Crippen LogP contribution in [0.1, 0.15) is 30.9 Å². The predicted molar refractivity (Wildman–Crippen MR) is 89.0 cm³/mol. The molecule has 0 unspecified atom stereocenters. The summed E-state index contributed by atoms with van der Waals surface area (Å²) in [6, 6.07) is 5.65. The van der Waals surface area contributed by atoms with E-state index in [0.29, 0.717) is 12.5 Å². The van der Waals surface area contributed by atoms with Gasteiger partial charge in [-0.25, -0.2) is 4.79 Å². The summed E-state index contributed by atoms with van der Waals surface area (Å²) in [5.74, 6) is 0.575. The zero-order valence-corrected chi connectivity index (χ0v) is 13.7. The lowest BCUT2D eigenvalue weighted by Crippen LogP contribution is -2.42. The van der Waals surface area contributed by atoms with Gasteiger partial charge in [0.05, 0.1) is 0 Å². The summed E-state index contributed by atoms with van der Waals surface area (Å²) >= 11 is 0. The number of nitrogens with one attached hydrogen (secondary N) is 2. The minimum atomic E-state index is -0.272. The Balaban J connectivity index is 2.67. The molecule has 1 aromatic rings. The number of hydrogen-bond donors (Lipinski definition) is 2. The van der Waals surface area contributed by atoms with Crippen LogP contribution in [0.25, 0.3) is 0 Å². The molecule has 0 saturated carbocycles. The van der Waals surface area contributed by atoms with Crippen LogP contribution in [-0.2, 0) is 0 Å². The van der Waals surface area contributed by atoms with Crippen molar-refractivity contribution in [2.45, 2.75) is 33.6 Å². The van der Waals surface area contributed by atoms with Gasteiger partial charge in [0, 0.05) is 26.3 Å². The Morgan fingerprint density at radius 3 is 2.57 bits per heavy atom. The maximum atomic E-state index is 12.1. The largest absolute Gasteiger partial charge is 0.349 e. The average molecular weight is 290 g/mol. The Morgan fingerprint density at radius 2 is 2.00 bits per heavy atom. The molecular weight excluding hydrogens is 264 g/mol. The van der Waals surface area contributed by atoms with Crippen molar-refractivity contribution in [3.63, 3.8) is 0 Å². The van der Waals surface area contributed by atoms with Gasteiger partial charge >= 0.3 is 6.03 Å². The number of urea groups is 1. The molecule has 0 radical (unpaired) electrons. The minimum Gasteiger partial charge on any atom is -0.349 e. The lowest BCUT2D eigenvalue weighted by Gasteiger charge is -2.17. The number of guanidine groups is 1. The first-order valence-electron chi connectivity index (χ1n) is 7.31. The Labute approximate surface area is 127 Å². The van der Waals surface area contributed by atoms with E-state index in [1.807, 2.05) is 46.1 Å². The van der Waals surface area contributed by atoms with Crippen LogP contribution in [0.2, 0.25) is 0 Å². The van der Waals surface area contributed by atoms with Gasteiger partial charge in [0.1, 0.15) is 0 Å². The van der Waals surface area contributed by atoms with Gasteiger partial charge in [-0.05, 0) is 31.9 Å². The minimum absolute atomic E-state index is 0.272. The van der Waals surface area contributed by atoms with Crippen molar-refractivity contribution in [1.82, 2.24) is 10.2 Å². The number of carbonyl (C=O) groups excluding carboxylic acids is 1. The van der Waals surface area contributed by atoms with Crippen molar-refractivity contribution in [2.24, 2.45) is 4.99 Å².